The zero-order chi connectivity index (χ0) is 47.6. The summed E-state index contributed by atoms with van der Waals surface area (Å²) in [5, 5.41) is 53.0. The number of rotatable bonds is 5. The van der Waals surface area contributed by atoms with Gasteiger partial charge in [-0.1, -0.05) is 66.7 Å². The van der Waals surface area contributed by atoms with E-state index in [1.54, 1.807) is 69.8 Å². The van der Waals surface area contributed by atoms with Gasteiger partial charge >= 0.3 is 12.4 Å². The molecule has 2 heterocycles. The monoisotopic (exact) mass is 897 g/mol. The lowest BCUT2D eigenvalue weighted by Crippen LogP contribution is -2.15. The second kappa shape index (κ2) is 15.8. The predicted molar refractivity (Wildman–Crippen MR) is 245 cm³/mol. The van der Waals surface area contributed by atoms with Gasteiger partial charge in [0.1, 0.15) is 0 Å². The Morgan fingerprint density at radius 3 is 1.15 bits per heavy atom. The molecule has 0 aliphatic heterocycles. The maximum Gasteiger partial charge on any atom is 0.417 e. The Balaban J connectivity index is 1.39. The molecule has 0 atom stereocenters. The molecule has 0 amide bonds. The van der Waals surface area contributed by atoms with Crippen LogP contribution >= 0.6 is 0 Å². The van der Waals surface area contributed by atoms with Gasteiger partial charge in [0.15, 0.2) is 0 Å². The second-order valence-corrected chi connectivity index (χ2v) is 15.9. The smallest absolute Gasteiger partial charge is 0.307 e. The molecule has 0 aliphatic carbocycles. The number of aromatic nitrogens is 2. The highest BCUT2D eigenvalue weighted by molar-refractivity contribution is 6.13. The third-order valence-corrected chi connectivity index (χ3v) is 12.1. The lowest BCUT2D eigenvalue weighted by atomic mass is 9.89. The predicted octanol–water partition coefficient (Wildman–Crippen LogP) is 14.3. The van der Waals surface area contributed by atoms with Gasteiger partial charge in [0.05, 0.1) is 103 Å². The standard InChI is InChI=1S/C55H25F6N7/c56-54(57,58)45-8-5-9-46(55(59,60)61)53(45)44-25-52(68-48-11-4-2-7-41(48)43-15-13-36(23-50(43)68)38-20-33(28-64)17-34(21-38)29-65)51(24-39(44)30-66)67-47-10-3-1-6-40(47)42-14-12-35(22-49(42)67)37-18-31(26-62)16-32(19-37)27-63/h1-25H. The minimum atomic E-state index is -5.28. The Hall–Kier alpha value is -9.61. The van der Waals surface area contributed by atoms with Crippen molar-refractivity contribution in [2.75, 3.05) is 0 Å². The summed E-state index contributed by atoms with van der Waals surface area (Å²) < 4.78 is 93.7. The minimum Gasteiger partial charge on any atom is -0.307 e. The van der Waals surface area contributed by atoms with Crippen LogP contribution in [0.2, 0.25) is 0 Å². The van der Waals surface area contributed by atoms with Crippen molar-refractivity contribution in [1.29, 1.82) is 26.3 Å². The molecule has 0 aliphatic rings. The molecule has 0 N–H and O–H groups in total. The van der Waals surface area contributed by atoms with Gasteiger partial charge in [0.2, 0.25) is 0 Å². The molecule has 0 radical (unpaired) electrons. The van der Waals surface area contributed by atoms with E-state index in [1.807, 2.05) is 54.6 Å². The van der Waals surface area contributed by atoms with E-state index >= 15 is 26.3 Å². The molecule has 8 aromatic carbocycles. The average Bonchev–Trinajstić information content (AvgIpc) is 3.86. The number of hydrogen-bond donors (Lipinski definition) is 0. The largest absolute Gasteiger partial charge is 0.417 e. The van der Waals surface area contributed by atoms with E-state index in [2.05, 4.69) is 24.3 Å². The quantitative estimate of drug-likeness (QED) is 0.159. The summed E-state index contributed by atoms with van der Waals surface area (Å²) >= 11 is 0. The van der Waals surface area contributed by atoms with Crippen molar-refractivity contribution >= 4 is 43.6 Å². The zero-order valence-corrected chi connectivity index (χ0v) is 34.8. The topological polar surface area (TPSA) is 129 Å². The molecule has 0 spiro atoms. The molecule has 68 heavy (non-hydrogen) atoms. The van der Waals surface area contributed by atoms with Crippen LogP contribution in [0.15, 0.2) is 152 Å². The first-order valence-electron chi connectivity index (χ1n) is 20.6. The van der Waals surface area contributed by atoms with E-state index in [0.29, 0.717) is 78.7 Å². The lowest BCUT2D eigenvalue weighted by Gasteiger charge is -2.23. The van der Waals surface area contributed by atoms with Crippen LogP contribution in [0.5, 0.6) is 0 Å². The molecule has 10 aromatic rings. The van der Waals surface area contributed by atoms with Crippen molar-refractivity contribution in [2.24, 2.45) is 0 Å². The highest BCUT2D eigenvalue weighted by Gasteiger charge is 2.42. The van der Waals surface area contributed by atoms with Gasteiger partial charge in [-0.3, -0.25) is 0 Å². The van der Waals surface area contributed by atoms with Gasteiger partial charge in [-0.15, -0.1) is 0 Å². The molecular weight excluding hydrogens is 873 g/mol. The van der Waals surface area contributed by atoms with E-state index in [-0.39, 0.29) is 33.6 Å². The number of para-hydroxylation sites is 2. The number of nitriles is 5. The number of nitrogens with zero attached hydrogens (tertiary/aromatic N) is 7. The maximum absolute atomic E-state index is 15.0. The SMILES string of the molecule is N#Cc1cc(C#N)cc(-c2ccc3c4ccccc4n(-c4cc(C#N)c(-c5c(C(F)(F)F)cccc5C(F)(F)F)cc4-n4c5ccccc5c5ccc(-c6cc(C#N)cc(C#N)c6)cc54)c3c2)c1. The van der Waals surface area contributed by atoms with Crippen molar-refractivity contribution in [3.8, 4) is 75.1 Å². The Morgan fingerprint density at radius 2 is 0.750 bits per heavy atom. The summed E-state index contributed by atoms with van der Waals surface area (Å²) in [6.07, 6.45) is -10.6. The Kier molecular flexibility index (Phi) is 9.85. The van der Waals surface area contributed by atoms with Crippen LogP contribution in [0, 0.1) is 56.7 Å². The normalized spacial score (nSPS) is 11.6. The van der Waals surface area contributed by atoms with Crippen molar-refractivity contribution < 1.29 is 26.3 Å². The third kappa shape index (κ3) is 6.90. The summed E-state index contributed by atoms with van der Waals surface area (Å²) in [6, 6.07) is 49.2. The number of halogens is 6. The lowest BCUT2D eigenvalue weighted by molar-refractivity contribution is -0.142. The van der Waals surface area contributed by atoms with E-state index in [0.717, 1.165) is 5.39 Å². The summed E-state index contributed by atoms with van der Waals surface area (Å²) in [5.74, 6) is 0. The number of benzene rings is 8. The van der Waals surface area contributed by atoms with Gasteiger partial charge < -0.3 is 9.13 Å². The fourth-order valence-electron chi connectivity index (χ4n) is 9.22. The van der Waals surface area contributed by atoms with Crippen molar-refractivity contribution in [3.63, 3.8) is 0 Å². The molecular formula is C55H25F6N7. The fourth-order valence-corrected chi connectivity index (χ4v) is 9.22. The molecule has 10 rings (SSSR count). The Labute approximate surface area is 382 Å². The van der Waals surface area contributed by atoms with Crippen LogP contribution in [0.3, 0.4) is 0 Å². The molecule has 0 saturated heterocycles. The van der Waals surface area contributed by atoms with Crippen LogP contribution in [-0.4, -0.2) is 9.13 Å². The average molecular weight is 898 g/mol. The van der Waals surface area contributed by atoms with Gasteiger partial charge in [-0.2, -0.15) is 52.7 Å². The highest BCUT2D eigenvalue weighted by atomic mass is 19.4. The van der Waals surface area contributed by atoms with Gasteiger partial charge in [-0.25, -0.2) is 0 Å². The molecule has 0 fully saturated rings. The van der Waals surface area contributed by atoms with E-state index in [4.69, 9.17) is 0 Å². The van der Waals surface area contributed by atoms with Crippen LogP contribution in [0.25, 0.3) is 88.4 Å². The summed E-state index contributed by atoms with van der Waals surface area (Å²) in [5.41, 5.74) is -0.0295. The second-order valence-electron chi connectivity index (χ2n) is 15.9. The first kappa shape index (κ1) is 42.3. The fraction of sp³-hybridized carbons (Fsp3) is 0.0364. The highest BCUT2D eigenvalue weighted by Crippen LogP contribution is 2.48. The Morgan fingerprint density at radius 1 is 0.353 bits per heavy atom. The zero-order valence-electron chi connectivity index (χ0n) is 34.8. The first-order valence-corrected chi connectivity index (χ1v) is 20.6. The molecule has 322 valence electrons. The van der Waals surface area contributed by atoms with Gasteiger partial charge in [0.25, 0.3) is 0 Å². The summed E-state index contributed by atoms with van der Waals surface area (Å²) in [7, 11) is 0. The number of hydrogen-bond acceptors (Lipinski definition) is 5. The van der Waals surface area contributed by atoms with Crippen LogP contribution in [0.1, 0.15) is 38.9 Å². The molecule has 0 unspecified atom stereocenters. The third-order valence-electron chi connectivity index (χ3n) is 12.1. The first-order chi connectivity index (χ1) is 32.7. The van der Waals surface area contributed by atoms with Crippen molar-refractivity contribution in [3.05, 3.63) is 191 Å². The number of alkyl halides is 6. The van der Waals surface area contributed by atoms with Gasteiger partial charge in [-0.05, 0) is 107 Å². The number of fused-ring (bicyclic) bond motifs is 6. The van der Waals surface area contributed by atoms with Crippen molar-refractivity contribution in [2.45, 2.75) is 12.4 Å². The van der Waals surface area contributed by atoms with Gasteiger partial charge in [0, 0.05) is 32.7 Å². The maximum atomic E-state index is 15.0. The molecule has 13 heteroatoms. The van der Waals surface area contributed by atoms with Crippen molar-refractivity contribution in [1.82, 2.24) is 9.13 Å². The van der Waals surface area contributed by atoms with Crippen LogP contribution < -0.4 is 0 Å². The molecule has 7 nitrogen and oxygen atoms in total. The van der Waals surface area contributed by atoms with E-state index in [9.17, 15) is 26.3 Å². The molecule has 2 aromatic heterocycles. The summed E-state index contributed by atoms with van der Waals surface area (Å²) in [6.45, 7) is 0. The Bertz CT molecular complexity index is 3930. The minimum absolute atomic E-state index is 0.0993. The van der Waals surface area contributed by atoms with Crippen LogP contribution in [-0.2, 0) is 12.4 Å². The molecule has 0 bridgehead atoms. The van der Waals surface area contributed by atoms with E-state index < -0.39 is 40.2 Å². The van der Waals surface area contributed by atoms with E-state index in [1.165, 1.54) is 24.3 Å². The van der Waals surface area contributed by atoms with Crippen LogP contribution in [0.4, 0.5) is 26.3 Å². The summed E-state index contributed by atoms with van der Waals surface area (Å²) in [4.78, 5) is 0. The molecule has 0 saturated carbocycles.